The molecular formula is C17H22O2. The minimum atomic E-state index is -1.10. The second-order valence-electron chi connectivity index (χ2n) is 6.14. The molecule has 0 unspecified atom stereocenters. The molecule has 0 heterocycles. The Kier molecular flexibility index (Phi) is 3.44. The third-order valence-corrected chi connectivity index (χ3v) is 4.85. The number of benzene rings is 1. The van der Waals surface area contributed by atoms with Gasteiger partial charge in [-0.05, 0) is 37.2 Å². The van der Waals surface area contributed by atoms with Gasteiger partial charge < -0.3 is 5.11 Å². The summed E-state index contributed by atoms with van der Waals surface area (Å²) in [6.07, 6.45) is 7.96. The summed E-state index contributed by atoms with van der Waals surface area (Å²) >= 11 is 0. The van der Waals surface area contributed by atoms with E-state index in [0.29, 0.717) is 18.8 Å². The molecule has 0 saturated heterocycles. The summed E-state index contributed by atoms with van der Waals surface area (Å²) in [5.74, 6) is 0.502. The van der Waals surface area contributed by atoms with Crippen molar-refractivity contribution in [1.29, 1.82) is 0 Å². The van der Waals surface area contributed by atoms with Gasteiger partial charge in [0.2, 0.25) is 0 Å². The summed E-state index contributed by atoms with van der Waals surface area (Å²) < 4.78 is 0. The summed E-state index contributed by atoms with van der Waals surface area (Å²) in [6.45, 7) is 0. The van der Waals surface area contributed by atoms with E-state index in [9.17, 15) is 9.90 Å². The van der Waals surface area contributed by atoms with Gasteiger partial charge in [-0.15, -0.1) is 0 Å². The summed E-state index contributed by atoms with van der Waals surface area (Å²) in [7, 11) is 0. The van der Waals surface area contributed by atoms with Crippen molar-refractivity contribution in [3.05, 3.63) is 35.4 Å². The average molecular weight is 258 g/mol. The Balaban J connectivity index is 1.90. The second kappa shape index (κ2) is 5.09. The maximum Gasteiger partial charge on any atom is 0.194 e. The van der Waals surface area contributed by atoms with Crippen LogP contribution in [-0.2, 0) is 0 Å². The third kappa shape index (κ3) is 2.34. The van der Waals surface area contributed by atoms with Crippen LogP contribution >= 0.6 is 0 Å². The van der Waals surface area contributed by atoms with Crippen molar-refractivity contribution in [3.63, 3.8) is 0 Å². The molecule has 2 saturated carbocycles. The second-order valence-corrected chi connectivity index (χ2v) is 6.14. The number of Topliss-reactive ketones (excluding diaryl/α,β-unsaturated/α-hetero) is 1. The lowest BCUT2D eigenvalue weighted by Crippen LogP contribution is -2.41. The molecule has 0 atom stereocenters. The van der Waals surface area contributed by atoms with Crippen molar-refractivity contribution < 1.29 is 9.90 Å². The first kappa shape index (κ1) is 12.9. The molecule has 0 bridgehead atoms. The molecule has 1 N–H and O–H groups in total. The number of ketones is 1. The molecule has 0 spiro atoms. The summed E-state index contributed by atoms with van der Waals surface area (Å²) in [6, 6.07) is 7.91. The van der Waals surface area contributed by atoms with Crippen molar-refractivity contribution in [2.45, 2.75) is 62.9 Å². The molecule has 2 fully saturated rings. The van der Waals surface area contributed by atoms with Crippen molar-refractivity contribution in [1.82, 2.24) is 0 Å². The molecule has 1 aromatic carbocycles. The van der Waals surface area contributed by atoms with Crippen LogP contribution in [0.25, 0.3) is 0 Å². The van der Waals surface area contributed by atoms with E-state index in [2.05, 4.69) is 6.07 Å². The Morgan fingerprint density at radius 2 is 1.74 bits per heavy atom. The van der Waals surface area contributed by atoms with Gasteiger partial charge in [-0.3, -0.25) is 4.79 Å². The standard InChI is InChI=1S/C17H22O2/c18-16(17(19)11-4-1-5-12-17)15-10-3-2-9-14(15)13-7-6-8-13/h2-3,9-10,13,19H,1,4-8,11-12H2. The largest absolute Gasteiger partial charge is 0.382 e. The van der Waals surface area contributed by atoms with Crippen LogP contribution < -0.4 is 0 Å². The highest BCUT2D eigenvalue weighted by Crippen LogP contribution is 2.40. The number of carbonyl (C=O) groups excluding carboxylic acids is 1. The highest BCUT2D eigenvalue weighted by atomic mass is 16.3. The first-order valence-corrected chi connectivity index (χ1v) is 7.57. The van der Waals surface area contributed by atoms with Crippen LogP contribution in [0.5, 0.6) is 0 Å². The van der Waals surface area contributed by atoms with E-state index < -0.39 is 5.60 Å². The van der Waals surface area contributed by atoms with E-state index in [1.807, 2.05) is 18.2 Å². The maximum absolute atomic E-state index is 12.7. The van der Waals surface area contributed by atoms with Gasteiger partial charge in [0.1, 0.15) is 5.60 Å². The number of hydrogen-bond acceptors (Lipinski definition) is 2. The SMILES string of the molecule is O=C(c1ccccc1C1CCC1)C1(O)CCCCC1. The normalized spacial score (nSPS) is 22.8. The first-order valence-electron chi connectivity index (χ1n) is 7.57. The smallest absolute Gasteiger partial charge is 0.194 e. The molecule has 2 heteroatoms. The molecule has 0 radical (unpaired) electrons. The molecule has 102 valence electrons. The lowest BCUT2D eigenvalue weighted by molar-refractivity contribution is 0.0115. The van der Waals surface area contributed by atoms with Crippen molar-refractivity contribution in [3.8, 4) is 0 Å². The summed E-state index contributed by atoms with van der Waals surface area (Å²) in [4.78, 5) is 12.7. The molecule has 3 rings (SSSR count). The zero-order valence-corrected chi connectivity index (χ0v) is 11.4. The molecule has 19 heavy (non-hydrogen) atoms. The van der Waals surface area contributed by atoms with Crippen LogP contribution in [-0.4, -0.2) is 16.5 Å². The Hall–Kier alpha value is -1.15. The Bertz CT molecular complexity index is 468. The Labute approximate surface area is 114 Å². The van der Waals surface area contributed by atoms with Gasteiger partial charge in [-0.2, -0.15) is 0 Å². The minimum Gasteiger partial charge on any atom is -0.382 e. The third-order valence-electron chi connectivity index (χ3n) is 4.85. The lowest BCUT2D eigenvalue weighted by atomic mass is 9.74. The van der Waals surface area contributed by atoms with Crippen molar-refractivity contribution in [2.75, 3.05) is 0 Å². The van der Waals surface area contributed by atoms with Gasteiger partial charge >= 0.3 is 0 Å². The van der Waals surface area contributed by atoms with E-state index in [1.54, 1.807) is 0 Å². The van der Waals surface area contributed by atoms with Crippen LogP contribution in [0.15, 0.2) is 24.3 Å². The molecule has 0 aromatic heterocycles. The van der Waals surface area contributed by atoms with E-state index in [-0.39, 0.29) is 5.78 Å². The van der Waals surface area contributed by atoms with E-state index >= 15 is 0 Å². The fraction of sp³-hybridized carbons (Fsp3) is 0.588. The zero-order valence-electron chi connectivity index (χ0n) is 11.4. The van der Waals surface area contributed by atoms with Crippen LogP contribution in [0.1, 0.15) is 73.2 Å². The van der Waals surface area contributed by atoms with E-state index in [4.69, 9.17) is 0 Å². The van der Waals surface area contributed by atoms with Gasteiger partial charge in [-0.1, -0.05) is 49.9 Å². The topological polar surface area (TPSA) is 37.3 Å². The van der Waals surface area contributed by atoms with Crippen molar-refractivity contribution >= 4 is 5.78 Å². The fourth-order valence-corrected chi connectivity index (χ4v) is 3.39. The Morgan fingerprint density at radius 1 is 1.05 bits per heavy atom. The quantitative estimate of drug-likeness (QED) is 0.837. The van der Waals surface area contributed by atoms with Crippen molar-refractivity contribution in [2.24, 2.45) is 0 Å². The monoisotopic (exact) mass is 258 g/mol. The predicted molar refractivity (Wildman–Crippen MR) is 75.4 cm³/mol. The molecule has 0 aliphatic heterocycles. The molecule has 2 aliphatic carbocycles. The van der Waals surface area contributed by atoms with Crippen LogP contribution in [0.4, 0.5) is 0 Å². The number of rotatable bonds is 3. The fourth-order valence-electron chi connectivity index (χ4n) is 3.39. The lowest BCUT2D eigenvalue weighted by Gasteiger charge is -2.33. The minimum absolute atomic E-state index is 0.0327. The molecule has 0 amide bonds. The maximum atomic E-state index is 12.7. The average Bonchev–Trinajstić information content (AvgIpc) is 2.37. The number of aliphatic hydroxyl groups is 1. The molecule has 2 aliphatic rings. The van der Waals surface area contributed by atoms with Gasteiger partial charge in [-0.25, -0.2) is 0 Å². The van der Waals surface area contributed by atoms with Gasteiger partial charge in [0.25, 0.3) is 0 Å². The van der Waals surface area contributed by atoms with Gasteiger partial charge in [0.15, 0.2) is 5.78 Å². The molecule has 2 nitrogen and oxygen atoms in total. The molecular weight excluding hydrogens is 236 g/mol. The predicted octanol–water partition coefficient (Wildman–Crippen LogP) is 3.83. The summed E-state index contributed by atoms with van der Waals surface area (Å²) in [5, 5.41) is 10.6. The van der Waals surface area contributed by atoms with E-state index in [1.165, 1.54) is 19.3 Å². The first-order chi connectivity index (χ1) is 9.21. The van der Waals surface area contributed by atoms with Gasteiger partial charge in [0, 0.05) is 5.56 Å². The van der Waals surface area contributed by atoms with E-state index in [0.717, 1.165) is 30.4 Å². The highest BCUT2D eigenvalue weighted by molar-refractivity contribution is 6.03. The Morgan fingerprint density at radius 3 is 2.37 bits per heavy atom. The van der Waals surface area contributed by atoms with Crippen LogP contribution in [0.3, 0.4) is 0 Å². The van der Waals surface area contributed by atoms with Gasteiger partial charge in [0.05, 0.1) is 0 Å². The van der Waals surface area contributed by atoms with Crippen LogP contribution in [0, 0.1) is 0 Å². The zero-order chi connectivity index (χ0) is 13.3. The highest BCUT2D eigenvalue weighted by Gasteiger charge is 2.39. The number of carbonyl (C=O) groups is 1. The van der Waals surface area contributed by atoms with Crippen LogP contribution in [0.2, 0.25) is 0 Å². The molecule has 1 aromatic rings. The summed E-state index contributed by atoms with van der Waals surface area (Å²) in [5.41, 5.74) is 0.840. The number of hydrogen-bond donors (Lipinski definition) is 1.